The maximum absolute atomic E-state index is 12.9. The van der Waals surface area contributed by atoms with E-state index in [2.05, 4.69) is 5.32 Å². The van der Waals surface area contributed by atoms with Gasteiger partial charge in [0.15, 0.2) is 6.10 Å². The number of fused-ring (bicyclic) bond motifs is 1. The fraction of sp³-hybridized carbons (Fsp3) is 0.333. The molecule has 0 radical (unpaired) electrons. The third kappa shape index (κ3) is 3.17. The minimum Gasteiger partial charge on any atom is -0.479 e. The number of aryl methyl sites for hydroxylation is 2. The number of hydrogen-bond donors (Lipinski definition) is 1. The van der Waals surface area contributed by atoms with Crippen molar-refractivity contribution in [2.24, 2.45) is 0 Å². The highest BCUT2D eigenvalue weighted by atomic mass is 16.5. The van der Waals surface area contributed by atoms with Crippen LogP contribution in [0.5, 0.6) is 5.75 Å². The van der Waals surface area contributed by atoms with E-state index in [1.807, 2.05) is 57.2 Å². The molecule has 0 bridgehead atoms. The largest absolute Gasteiger partial charge is 0.479 e. The summed E-state index contributed by atoms with van der Waals surface area (Å²) in [5.74, 6) is 0.175. The van der Waals surface area contributed by atoms with Crippen LogP contribution >= 0.6 is 0 Å². The van der Waals surface area contributed by atoms with E-state index in [0.29, 0.717) is 11.4 Å². The number of rotatable bonds is 3. The molecule has 136 valence electrons. The first-order valence-corrected chi connectivity index (χ1v) is 8.77. The lowest BCUT2D eigenvalue weighted by molar-refractivity contribution is -0.128. The van der Waals surface area contributed by atoms with E-state index in [-0.39, 0.29) is 11.8 Å². The number of carbonyl (C=O) groups is 2. The van der Waals surface area contributed by atoms with Crippen LogP contribution in [0.1, 0.15) is 30.5 Å². The molecular formula is C21H24N2O3. The molecule has 2 aromatic rings. The third-order valence-electron chi connectivity index (χ3n) is 4.89. The van der Waals surface area contributed by atoms with E-state index in [9.17, 15) is 9.59 Å². The summed E-state index contributed by atoms with van der Waals surface area (Å²) in [6.07, 6.45) is -0.624. The van der Waals surface area contributed by atoms with Gasteiger partial charge in [-0.1, -0.05) is 18.2 Å². The molecule has 2 aromatic carbocycles. The van der Waals surface area contributed by atoms with Crippen molar-refractivity contribution in [3.63, 3.8) is 0 Å². The Morgan fingerprint density at radius 2 is 1.92 bits per heavy atom. The first-order chi connectivity index (χ1) is 12.3. The Balaban J connectivity index is 1.92. The molecule has 5 heteroatoms. The van der Waals surface area contributed by atoms with E-state index in [0.717, 1.165) is 22.4 Å². The van der Waals surface area contributed by atoms with Crippen molar-refractivity contribution in [2.45, 2.75) is 46.8 Å². The van der Waals surface area contributed by atoms with Gasteiger partial charge in [-0.15, -0.1) is 0 Å². The topological polar surface area (TPSA) is 58.6 Å². The molecule has 1 aliphatic heterocycles. The van der Waals surface area contributed by atoms with Gasteiger partial charge in [0.2, 0.25) is 5.91 Å². The Hall–Kier alpha value is -2.82. The van der Waals surface area contributed by atoms with Crippen molar-refractivity contribution < 1.29 is 14.3 Å². The number of anilines is 2. The fourth-order valence-electron chi connectivity index (χ4n) is 3.11. The molecule has 0 spiro atoms. The number of amides is 2. The van der Waals surface area contributed by atoms with Crippen LogP contribution < -0.4 is 15.0 Å². The molecule has 1 heterocycles. The number of nitrogens with zero attached hydrogens (tertiary/aromatic N) is 1. The Morgan fingerprint density at radius 3 is 2.65 bits per heavy atom. The SMILES string of the molecule is Cc1ccc2c(c1)N(C(C)C(=O)Nc1cccc(C)c1C)C(=O)C(C)O2. The predicted octanol–water partition coefficient (Wildman–Crippen LogP) is 3.75. The molecule has 2 unspecified atom stereocenters. The highest BCUT2D eigenvalue weighted by molar-refractivity contribution is 6.08. The van der Waals surface area contributed by atoms with E-state index < -0.39 is 12.1 Å². The zero-order valence-electron chi connectivity index (χ0n) is 15.8. The summed E-state index contributed by atoms with van der Waals surface area (Å²) in [5, 5.41) is 2.96. The summed E-state index contributed by atoms with van der Waals surface area (Å²) in [6, 6.07) is 10.8. The van der Waals surface area contributed by atoms with Crippen molar-refractivity contribution in [1.82, 2.24) is 0 Å². The van der Waals surface area contributed by atoms with Gasteiger partial charge < -0.3 is 10.1 Å². The first kappa shape index (κ1) is 18.0. The van der Waals surface area contributed by atoms with Crippen molar-refractivity contribution in [2.75, 3.05) is 10.2 Å². The highest BCUT2D eigenvalue weighted by Gasteiger charge is 2.37. The van der Waals surface area contributed by atoms with Gasteiger partial charge in [-0.3, -0.25) is 14.5 Å². The monoisotopic (exact) mass is 352 g/mol. The molecule has 2 amide bonds. The molecule has 0 fully saturated rings. The molecule has 1 aliphatic rings. The third-order valence-corrected chi connectivity index (χ3v) is 4.89. The quantitative estimate of drug-likeness (QED) is 0.915. The van der Waals surface area contributed by atoms with Crippen LogP contribution in [0, 0.1) is 20.8 Å². The number of hydrogen-bond acceptors (Lipinski definition) is 3. The van der Waals surface area contributed by atoms with Gasteiger partial charge >= 0.3 is 0 Å². The molecule has 0 saturated heterocycles. The normalized spacial score (nSPS) is 17.3. The number of ether oxygens (including phenoxy) is 1. The maximum Gasteiger partial charge on any atom is 0.268 e. The van der Waals surface area contributed by atoms with E-state index in [1.54, 1.807) is 13.8 Å². The predicted molar refractivity (Wildman–Crippen MR) is 103 cm³/mol. The Morgan fingerprint density at radius 1 is 1.19 bits per heavy atom. The van der Waals surface area contributed by atoms with Crippen LogP contribution in [0.4, 0.5) is 11.4 Å². The minimum atomic E-state index is -0.658. The summed E-state index contributed by atoms with van der Waals surface area (Å²) in [5.41, 5.74) is 4.53. The van der Waals surface area contributed by atoms with Gasteiger partial charge in [-0.2, -0.15) is 0 Å². The van der Waals surface area contributed by atoms with Crippen LogP contribution in [0.2, 0.25) is 0 Å². The molecule has 3 rings (SSSR count). The molecule has 0 saturated carbocycles. The first-order valence-electron chi connectivity index (χ1n) is 8.77. The van der Waals surface area contributed by atoms with Crippen molar-refractivity contribution in [1.29, 1.82) is 0 Å². The summed E-state index contributed by atoms with van der Waals surface area (Å²) in [7, 11) is 0. The Bertz CT molecular complexity index is 876. The van der Waals surface area contributed by atoms with Gasteiger partial charge in [0.1, 0.15) is 11.8 Å². The number of carbonyl (C=O) groups excluding carboxylic acids is 2. The summed E-state index contributed by atoms with van der Waals surface area (Å²) >= 11 is 0. The lowest BCUT2D eigenvalue weighted by Gasteiger charge is -2.36. The van der Waals surface area contributed by atoms with Crippen molar-refractivity contribution >= 4 is 23.2 Å². The summed E-state index contributed by atoms with van der Waals surface area (Å²) in [4.78, 5) is 27.2. The standard InChI is InChI=1S/C21H24N2O3/c1-12-9-10-19-18(11-12)23(21(25)16(5)26-19)15(4)20(24)22-17-8-6-7-13(2)14(17)3/h6-11,15-16H,1-5H3,(H,22,24). The second kappa shape index (κ2) is 6.83. The zero-order chi connectivity index (χ0) is 19.0. The summed E-state index contributed by atoms with van der Waals surface area (Å²) in [6.45, 7) is 9.36. The maximum atomic E-state index is 12.9. The average molecular weight is 352 g/mol. The second-order valence-electron chi connectivity index (χ2n) is 6.85. The molecule has 5 nitrogen and oxygen atoms in total. The van der Waals surface area contributed by atoms with Crippen LogP contribution in [-0.4, -0.2) is 24.0 Å². The molecule has 2 atom stereocenters. The van der Waals surface area contributed by atoms with Crippen LogP contribution in [0.25, 0.3) is 0 Å². The van der Waals surface area contributed by atoms with Crippen LogP contribution in [0.15, 0.2) is 36.4 Å². The van der Waals surface area contributed by atoms with Gasteiger partial charge in [0.05, 0.1) is 5.69 Å². The molecule has 0 aliphatic carbocycles. The van der Waals surface area contributed by atoms with Gasteiger partial charge in [-0.05, 0) is 69.5 Å². The highest BCUT2D eigenvalue weighted by Crippen LogP contribution is 2.36. The zero-order valence-corrected chi connectivity index (χ0v) is 15.8. The number of benzene rings is 2. The van der Waals surface area contributed by atoms with E-state index >= 15 is 0 Å². The van der Waals surface area contributed by atoms with Crippen LogP contribution in [0.3, 0.4) is 0 Å². The van der Waals surface area contributed by atoms with Crippen molar-refractivity contribution in [3.05, 3.63) is 53.1 Å². The molecular weight excluding hydrogens is 328 g/mol. The van der Waals surface area contributed by atoms with E-state index in [1.165, 1.54) is 4.90 Å². The smallest absolute Gasteiger partial charge is 0.268 e. The second-order valence-corrected chi connectivity index (χ2v) is 6.85. The average Bonchev–Trinajstić information content (AvgIpc) is 2.60. The fourth-order valence-corrected chi connectivity index (χ4v) is 3.11. The molecule has 26 heavy (non-hydrogen) atoms. The van der Waals surface area contributed by atoms with Crippen molar-refractivity contribution in [3.8, 4) is 5.75 Å². The molecule has 0 aromatic heterocycles. The Labute approximate surface area is 154 Å². The minimum absolute atomic E-state index is 0.216. The lowest BCUT2D eigenvalue weighted by Crippen LogP contribution is -2.52. The lowest BCUT2D eigenvalue weighted by atomic mass is 10.1. The number of nitrogens with one attached hydrogen (secondary N) is 1. The Kier molecular flexibility index (Phi) is 4.72. The molecule has 1 N–H and O–H groups in total. The van der Waals surface area contributed by atoms with Gasteiger partial charge in [-0.25, -0.2) is 0 Å². The van der Waals surface area contributed by atoms with Gasteiger partial charge in [0, 0.05) is 5.69 Å². The summed E-state index contributed by atoms with van der Waals surface area (Å²) < 4.78 is 5.69. The van der Waals surface area contributed by atoms with Gasteiger partial charge in [0.25, 0.3) is 5.91 Å². The van der Waals surface area contributed by atoms with Crippen LogP contribution in [-0.2, 0) is 9.59 Å². The van der Waals surface area contributed by atoms with E-state index in [4.69, 9.17) is 4.74 Å².